The van der Waals surface area contributed by atoms with Gasteiger partial charge in [-0.1, -0.05) is 6.07 Å². The molecular formula is C19H25N2O8P. The summed E-state index contributed by atoms with van der Waals surface area (Å²) in [6, 6.07) is 3.45. The number of rotatable bonds is 7. The number of hydrogen-bond donors (Lipinski definition) is 0. The molecule has 1 aromatic rings. The van der Waals surface area contributed by atoms with Gasteiger partial charge in [-0.15, -0.1) is 0 Å². The molecule has 1 heterocycles. The first-order valence-electron chi connectivity index (χ1n) is 8.97. The van der Waals surface area contributed by atoms with Gasteiger partial charge in [0.1, 0.15) is 0 Å². The number of aryl methyl sites for hydroxylation is 1. The Kier molecular flexibility index (Phi) is 7.52. The summed E-state index contributed by atoms with van der Waals surface area (Å²) in [6.45, 7) is 3.47. The Morgan fingerprint density at radius 1 is 1.07 bits per heavy atom. The van der Waals surface area contributed by atoms with E-state index in [0.717, 1.165) is 38.9 Å². The van der Waals surface area contributed by atoms with Crippen molar-refractivity contribution in [3.05, 3.63) is 23.8 Å². The SMILES string of the molecule is COC(=O)[C@H]([C@H](C(=O)OC)N1C(=O)CC(C)=Nc2ccc(C)cc21)P(=O)(OC)OC. The second-order valence-electron chi connectivity index (χ2n) is 6.62. The quantitative estimate of drug-likeness (QED) is 0.468. The molecule has 0 saturated heterocycles. The molecule has 164 valence electrons. The highest BCUT2D eigenvalue weighted by Gasteiger charge is 2.54. The zero-order valence-electron chi connectivity index (χ0n) is 17.7. The van der Waals surface area contributed by atoms with Crippen molar-refractivity contribution in [1.29, 1.82) is 0 Å². The third-order valence-electron chi connectivity index (χ3n) is 4.69. The van der Waals surface area contributed by atoms with Crippen LogP contribution in [-0.4, -0.2) is 63.7 Å². The van der Waals surface area contributed by atoms with E-state index in [1.54, 1.807) is 32.0 Å². The highest BCUT2D eigenvalue weighted by molar-refractivity contribution is 7.55. The molecule has 0 spiro atoms. The molecule has 2 atom stereocenters. The van der Waals surface area contributed by atoms with Crippen LogP contribution < -0.4 is 4.90 Å². The Labute approximate surface area is 174 Å². The van der Waals surface area contributed by atoms with Crippen molar-refractivity contribution in [2.45, 2.75) is 32.0 Å². The van der Waals surface area contributed by atoms with E-state index in [0.29, 0.717) is 11.4 Å². The van der Waals surface area contributed by atoms with E-state index in [1.807, 2.05) is 0 Å². The first-order chi connectivity index (χ1) is 14.1. The van der Waals surface area contributed by atoms with Crippen molar-refractivity contribution in [2.75, 3.05) is 33.3 Å². The van der Waals surface area contributed by atoms with E-state index in [-0.39, 0.29) is 12.1 Å². The molecule has 0 unspecified atom stereocenters. The molecule has 0 radical (unpaired) electrons. The number of benzene rings is 1. The topological polar surface area (TPSA) is 121 Å². The summed E-state index contributed by atoms with van der Waals surface area (Å²) in [5, 5.41) is 0. The van der Waals surface area contributed by atoms with E-state index < -0.39 is 37.1 Å². The van der Waals surface area contributed by atoms with Crippen molar-refractivity contribution in [3.8, 4) is 0 Å². The molecule has 0 N–H and O–H groups in total. The molecule has 30 heavy (non-hydrogen) atoms. The molecule has 0 aliphatic carbocycles. The van der Waals surface area contributed by atoms with Crippen LogP contribution in [0.15, 0.2) is 23.2 Å². The summed E-state index contributed by atoms with van der Waals surface area (Å²) >= 11 is 0. The van der Waals surface area contributed by atoms with Crippen LogP contribution in [0.1, 0.15) is 18.9 Å². The minimum absolute atomic E-state index is 0.126. The number of ether oxygens (including phenoxy) is 2. The van der Waals surface area contributed by atoms with E-state index >= 15 is 0 Å². The van der Waals surface area contributed by atoms with Gasteiger partial charge in [0.25, 0.3) is 0 Å². The Hall–Kier alpha value is -2.55. The van der Waals surface area contributed by atoms with Crippen LogP contribution >= 0.6 is 7.60 Å². The number of carbonyl (C=O) groups excluding carboxylic acids is 3. The summed E-state index contributed by atoms with van der Waals surface area (Å²) in [5.41, 5.74) is 0.167. The van der Waals surface area contributed by atoms with E-state index in [1.165, 1.54) is 0 Å². The summed E-state index contributed by atoms with van der Waals surface area (Å²) in [4.78, 5) is 44.3. The van der Waals surface area contributed by atoms with Crippen LogP contribution in [0.3, 0.4) is 0 Å². The van der Waals surface area contributed by atoms with Gasteiger partial charge in [-0.3, -0.25) is 24.0 Å². The molecule has 11 heteroatoms. The number of amides is 1. The minimum atomic E-state index is -4.24. The third kappa shape index (κ3) is 4.45. The average molecular weight is 440 g/mol. The van der Waals surface area contributed by atoms with Crippen molar-refractivity contribution in [1.82, 2.24) is 0 Å². The summed E-state index contributed by atoms with van der Waals surface area (Å²) in [6.07, 6.45) is -0.126. The number of aliphatic imine (C=N–C) groups is 1. The van der Waals surface area contributed by atoms with Gasteiger partial charge in [0.05, 0.1) is 32.0 Å². The average Bonchev–Trinajstić information content (AvgIpc) is 2.84. The number of nitrogens with zero attached hydrogens (tertiary/aromatic N) is 2. The zero-order chi connectivity index (χ0) is 22.6. The van der Waals surface area contributed by atoms with Gasteiger partial charge >= 0.3 is 19.5 Å². The number of fused-ring (bicyclic) bond motifs is 1. The fourth-order valence-corrected chi connectivity index (χ4v) is 4.83. The van der Waals surface area contributed by atoms with Gasteiger partial charge in [0, 0.05) is 19.9 Å². The van der Waals surface area contributed by atoms with Gasteiger partial charge in [0.15, 0.2) is 11.7 Å². The Morgan fingerprint density at radius 2 is 1.67 bits per heavy atom. The van der Waals surface area contributed by atoms with E-state index in [9.17, 15) is 18.9 Å². The predicted octanol–water partition coefficient (Wildman–Crippen LogP) is 2.39. The lowest BCUT2D eigenvalue weighted by atomic mass is 10.1. The Morgan fingerprint density at radius 3 is 2.20 bits per heavy atom. The molecule has 0 saturated carbocycles. The second kappa shape index (κ2) is 9.51. The molecule has 1 aromatic carbocycles. The lowest BCUT2D eigenvalue weighted by Gasteiger charge is -2.35. The fraction of sp³-hybridized carbons (Fsp3) is 0.474. The molecule has 0 bridgehead atoms. The van der Waals surface area contributed by atoms with Crippen LogP contribution in [0.4, 0.5) is 11.4 Å². The van der Waals surface area contributed by atoms with Crippen molar-refractivity contribution in [2.24, 2.45) is 4.99 Å². The lowest BCUT2D eigenvalue weighted by Crippen LogP contribution is -2.55. The first-order valence-corrected chi connectivity index (χ1v) is 10.6. The Balaban J connectivity index is 2.82. The second-order valence-corrected chi connectivity index (χ2v) is 8.99. The van der Waals surface area contributed by atoms with Gasteiger partial charge in [0.2, 0.25) is 5.91 Å². The van der Waals surface area contributed by atoms with Crippen LogP contribution in [0.5, 0.6) is 0 Å². The van der Waals surface area contributed by atoms with Crippen LogP contribution in [-0.2, 0) is 37.5 Å². The monoisotopic (exact) mass is 440 g/mol. The van der Waals surface area contributed by atoms with Gasteiger partial charge in [-0.05, 0) is 31.5 Å². The molecule has 1 amide bonds. The maximum atomic E-state index is 13.3. The number of hydrogen-bond acceptors (Lipinski definition) is 9. The molecule has 10 nitrogen and oxygen atoms in total. The lowest BCUT2D eigenvalue weighted by molar-refractivity contribution is -0.149. The minimum Gasteiger partial charge on any atom is -0.468 e. The maximum absolute atomic E-state index is 13.3. The molecule has 1 aliphatic rings. The first kappa shape index (κ1) is 23.7. The highest BCUT2D eigenvalue weighted by atomic mass is 31.2. The molecule has 0 fully saturated rings. The van der Waals surface area contributed by atoms with Crippen LogP contribution in [0.2, 0.25) is 0 Å². The van der Waals surface area contributed by atoms with Gasteiger partial charge in [-0.2, -0.15) is 0 Å². The fourth-order valence-electron chi connectivity index (χ4n) is 3.26. The third-order valence-corrected chi connectivity index (χ3v) is 6.88. The number of anilines is 1. The van der Waals surface area contributed by atoms with Crippen LogP contribution in [0.25, 0.3) is 0 Å². The zero-order valence-corrected chi connectivity index (χ0v) is 18.6. The van der Waals surface area contributed by atoms with E-state index in [4.69, 9.17) is 18.5 Å². The summed E-state index contributed by atoms with van der Waals surface area (Å²) < 4.78 is 32.9. The van der Waals surface area contributed by atoms with Crippen molar-refractivity contribution < 1.29 is 37.5 Å². The van der Waals surface area contributed by atoms with E-state index in [2.05, 4.69) is 4.99 Å². The van der Waals surface area contributed by atoms with Crippen molar-refractivity contribution in [3.63, 3.8) is 0 Å². The molecule has 1 aliphatic heterocycles. The normalized spacial score (nSPS) is 16.1. The molecule has 0 aromatic heterocycles. The summed E-state index contributed by atoms with van der Waals surface area (Å²) in [5.74, 6) is -2.58. The smallest absolute Gasteiger partial charge is 0.347 e. The standard InChI is InChI=1S/C19H25N2O8P/c1-11-7-8-13-14(9-11)21(15(22)10-12(2)20-13)16(18(23)26-3)17(19(24)27-4)30(25,28-5)29-6/h7-9,16-17H,10H2,1-6H3/t16-,17+/m1/s1. The number of carbonyl (C=O) groups is 3. The molecule has 2 rings (SSSR count). The largest absolute Gasteiger partial charge is 0.468 e. The Bertz CT molecular complexity index is 921. The number of methoxy groups -OCH3 is 2. The maximum Gasteiger partial charge on any atom is 0.347 e. The molecular weight excluding hydrogens is 415 g/mol. The highest BCUT2D eigenvalue weighted by Crippen LogP contribution is 2.55. The number of esters is 2. The van der Waals surface area contributed by atoms with Crippen molar-refractivity contribution >= 4 is 42.5 Å². The van der Waals surface area contributed by atoms with Crippen LogP contribution in [0, 0.1) is 6.92 Å². The van der Waals surface area contributed by atoms with Gasteiger partial charge in [-0.25, -0.2) is 4.79 Å². The predicted molar refractivity (Wildman–Crippen MR) is 109 cm³/mol. The summed E-state index contributed by atoms with van der Waals surface area (Å²) in [7, 11) is 0.0641. The van der Waals surface area contributed by atoms with Gasteiger partial charge < -0.3 is 18.5 Å².